The molecule has 2 rings (SSSR count). The second kappa shape index (κ2) is 7.14. The van der Waals surface area contributed by atoms with Crippen LogP contribution in [0.15, 0.2) is 61.2 Å². The second-order valence-corrected chi connectivity index (χ2v) is 5.92. The molecule has 0 bridgehead atoms. The van der Waals surface area contributed by atoms with E-state index < -0.39 is 5.91 Å². The average Bonchev–Trinajstić information content (AvgIpc) is 2.56. The molecule has 1 amide bonds. The van der Waals surface area contributed by atoms with Crippen LogP contribution >= 0.6 is 0 Å². The fraction of sp³-hybridized carbons (Fsp3) is 0.250. The maximum absolute atomic E-state index is 11.1. The molecule has 0 radical (unpaired) electrons. The topological polar surface area (TPSA) is 52.3 Å². The molecule has 0 aliphatic heterocycles. The highest BCUT2D eigenvalue weighted by Crippen LogP contribution is 2.33. The summed E-state index contributed by atoms with van der Waals surface area (Å²) in [6, 6.07) is 14.9. The SMILES string of the molecule is C=CCC(C)(CC)c1ccc(Oc2ccc(C(N)=O)cc2)cc1. The molecule has 0 spiro atoms. The molecule has 0 aliphatic carbocycles. The molecule has 0 aromatic heterocycles. The van der Waals surface area contributed by atoms with Gasteiger partial charge in [0.1, 0.15) is 11.5 Å². The van der Waals surface area contributed by atoms with Gasteiger partial charge in [0.25, 0.3) is 0 Å². The Hall–Kier alpha value is -2.55. The Morgan fingerprint density at radius 3 is 2.09 bits per heavy atom. The molecule has 0 saturated carbocycles. The summed E-state index contributed by atoms with van der Waals surface area (Å²) < 4.78 is 5.80. The number of primary amides is 1. The Morgan fingerprint density at radius 1 is 1.13 bits per heavy atom. The van der Waals surface area contributed by atoms with Crippen molar-refractivity contribution < 1.29 is 9.53 Å². The first-order valence-electron chi connectivity index (χ1n) is 7.77. The molecular weight excluding hydrogens is 286 g/mol. The monoisotopic (exact) mass is 309 g/mol. The van der Waals surface area contributed by atoms with Crippen molar-refractivity contribution in [1.82, 2.24) is 0 Å². The molecule has 0 heterocycles. The van der Waals surface area contributed by atoms with Gasteiger partial charge in [-0.1, -0.05) is 32.1 Å². The molecule has 2 aromatic carbocycles. The maximum Gasteiger partial charge on any atom is 0.248 e. The lowest BCUT2D eigenvalue weighted by Crippen LogP contribution is -2.19. The summed E-state index contributed by atoms with van der Waals surface area (Å²) in [5.74, 6) is 0.992. The van der Waals surface area contributed by atoms with Crippen molar-refractivity contribution in [3.8, 4) is 11.5 Å². The number of carbonyl (C=O) groups excluding carboxylic acids is 1. The third-order valence-electron chi connectivity index (χ3n) is 4.30. The van der Waals surface area contributed by atoms with E-state index in [1.807, 2.05) is 18.2 Å². The molecule has 2 aromatic rings. The number of nitrogens with two attached hydrogens (primary N) is 1. The van der Waals surface area contributed by atoms with Crippen LogP contribution in [-0.2, 0) is 5.41 Å². The minimum atomic E-state index is -0.443. The number of ether oxygens (including phenoxy) is 1. The van der Waals surface area contributed by atoms with E-state index in [4.69, 9.17) is 10.5 Å². The molecule has 0 aliphatic rings. The van der Waals surface area contributed by atoms with Gasteiger partial charge < -0.3 is 10.5 Å². The number of carbonyl (C=O) groups is 1. The summed E-state index contributed by atoms with van der Waals surface area (Å²) in [7, 11) is 0. The van der Waals surface area contributed by atoms with E-state index >= 15 is 0 Å². The number of hydrogen-bond donors (Lipinski definition) is 1. The lowest BCUT2D eigenvalue weighted by molar-refractivity contribution is 0.100. The molecular formula is C20H23NO2. The molecule has 0 saturated heterocycles. The second-order valence-electron chi connectivity index (χ2n) is 5.92. The van der Waals surface area contributed by atoms with E-state index in [0.29, 0.717) is 11.3 Å². The van der Waals surface area contributed by atoms with Crippen molar-refractivity contribution in [2.24, 2.45) is 5.73 Å². The summed E-state index contributed by atoms with van der Waals surface area (Å²) in [5.41, 5.74) is 7.07. The van der Waals surface area contributed by atoms with Crippen molar-refractivity contribution in [3.05, 3.63) is 72.3 Å². The van der Waals surface area contributed by atoms with E-state index in [9.17, 15) is 4.79 Å². The van der Waals surface area contributed by atoms with E-state index in [-0.39, 0.29) is 5.41 Å². The highest BCUT2D eigenvalue weighted by atomic mass is 16.5. The molecule has 2 N–H and O–H groups in total. The molecule has 0 fully saturated rings. The van der Waals surface area contributed by atoms with Crippen LogP contribution in [0, 0.1) is 0 Å². The Morgan fingerprint density at radius 2 is 1.65 bits per heavy atom. The average molecular weight is 309 g/mol. The first-order valence-corrected chi connectivity index (χ1v) is 7.77. The Balaban J connectivity index is 2.13. The van der Waals surface area contributed by atoms with Gasteiger partial charge in [-0.2, -0.15) is 0 Å². The van der Waals surface area contributed by atoms with Crippen LogP contribution in [0.25, 0.3) is 0 Å². The molecule has 23 heavy (non-hydrogen) atoms. The van der Waals surface area contributed by atoms with Gasteiger partial charge in [0.15, 0.2) is 0 Å². The fourth-order valence-corrected chi connectivity index (χ4v) is 2.53. The summed E-state index contributed by atoms with van der Waals surface area (Å²) in [4.78, 5) is 11.1. The van der Waals surface area contributed by atoms with Gasteiger partial charge in [-0.15, -0.1) is 6.58 Å². The fourth-order valence-electron chi connectivity index (χ4n) is 2.53. The van der Waals surface area contributed by atoms with E-state index in [0.717, 1.165) is 18.6 Å². The van der Waals surface area contributed by atoms with Crippen LogP contribution in [0.4, 0.5) is 0 Å². The quantitative estimate of drug-likeness (QED) is 0.745. The zero-order valence-corrected chi connectivity index (χ0v) is 13.7. The zero-order valence-electron chi connectivity index (χ0n) is 13.7. The van der Waals surface area contributed by atoms with Crippen LogP contribution in [0.2, 0.25) is 0 Å². The number of hydrogen-bond acceptors (Lipinski definition) is 2. The van der Waals surface area contributed by atoms with Crippen molar-refractivity contribution in [1.29, 1.82) is 0 Å². The molecule has 3 heteroatoms. The first-order chi connectivity index (χ1) is 11.0. The predicted octanol–water partition coefficient (Wildman–Crippen LogP) is 4.82. The van der Waals surface area contributed by atoms with Gasteiger partial charge in [-0.25, -0.2) is 0 Å². The molecule has 3 nitrogen and oxygen atoms in total. The van der Waals surface area contributed by atoms with Crippen molar-refractivity contribution in [3.63, 3.8) is 0 Å². The van der Waals surface area contributed by atoms with Crippen molar-refractivity contribution in [2.75, 3.05) is 0 Å². The summed E-state index contributed by atoms with van der Waals surface area (Å²) in [6.45, 7) is 8.29. The van der Waals surface area contributed by atoms with E-state index in [2.05, 4.69) is 32.6 Å². The first kappa shape index (κ1) is 16.8. The smallest absolute Gasteiger partial charge is 0.248 e. The summed E-state index contributed by atoms with van der Waals surface area (Å²) in [6.07, 6.45) is 3.96. The third-order valence-corrected chi connectivity index (χ3v) is 4.30. The third kappa shape index (κ3) is 4.01. The molecule has 120 valence electrons. The lowest BCUT2D eigenvalue weighted by Gasteiger charge is -2.27. The highest BCUT2D eigenvalue weighted by molar-refractivity contribution is 5.92. The van der Waals surface area contributed by atoms with Crippen LogP contribution < -0.4 is 10.5 Å². The van der Waals surface area contributed by atoms with Gasteiger partial charge in [-0.3, -0.25) is 4.79 Å². The van der Waals surface area contributed by atoms with Gasteiger partial charge in [0.05, 0.1) is 0 Å². The Labute approximate surface area is 137 Å². The van der Waals surface area contributed by atoms with Crippen molar-refractivity contribution in [2.45, 2.75) is 32.1 Å². The van der Waals surface area contributed by atoms with Gasteiger partial charge in [-0.05, 0) is 60.2 Å². The number of allylic oxidation sites excluding steroid dienone is 1. The minimum absolute atomic E-state index is 0.101. The number of amides is 1. The standard InChI is InChI=1S/C20H23NO2/c1-4-14-20(3,5-2)16-8-12-18(13-9-16)23-17-10-6-15(7-11-17)19(21)22/h4,6-13H,1,5,14H2,2-3H3,(H2,21,22). The van der Waals surface area contributed by atoms with Crippen molar-refractivity contribution >= 4 is 5.91 Å². The normalized spacial score (nSPS) is 13.1. The van der Waals surface area contributed by atoms with Crippen LogP contribution in [0.1, 0.15) is 42.6 Å². The van der Waals surface area contributed by atoms with Gasteiger partial charge in [0.2, 0.25) is 5.91 Å². The Bertz CT molecular complexity index is 674. The minimum Gasteiger partial charge on any atom is -0.457 e. The van der Waals surface area contributed by atoms with Crippen LogP contribution in [-0.4, -0.2) is 5.91 Å². The summed E-state index contributed by atoms with van der Waals surface area (Å²) >= 11 is 0. The molecule has 1 unspecified atom stereocenters. The van der Waals surface area contributed by atoms with E-state index in [1.54, 1.807) is 24.3 Å². The summed E-state index contributed by atoms with van der Waals surface area (Å²) in [5, 5.41) is 0. The maximum atomic E-state index is 11.1. The Kier molecular flexibility index (Phi) is 5.22. The van der Waals surface area contributed by atoms with Gasteiger partial charge in [0, 0.05) is 5.56 Å². The number of rotatable bonds is 7. The number of benzene rings is 2. The van der Waals surface area contributed by atoms with Gasteiger partial charge >= 0.3 is 0 Å². The van der Waals surface area contributed by atoms with E-state index in [1.165, 1.54) is 5.56 Å². The zero-order chi connectivity index (χ0) is 16.9. The largest absolute Gasteiger partial charge is 0.457 e. The van der Waals surface area contributed by atoms with Crippen LogP contribution in [0.3, 0.4) is 0 Å². The lowest BCUT2D eigenvalue weighted by atomic mass is 9.77. The predicted molar refractivity (Wildman–Crippen MR) is 93.9 cm³/mol. The molecule has 1 atom stereocenters. The van der Waals surface area contributed by atoms with Crippen LogP contribution in [0.5, 0.6) is 11.5 Å². The highest BCUT2D eigenvalue weighted by Gasteiger charge is 2.22.